The van der Waals surface area contributed by atoms with E-state index < -0.39 is 0 Å². The lowest BCUT2D eigenvalue weighted by molar-refractivity contribution is 0.0688. The molecule has 5 rings (SSSR count). The summed E-state index contributed by atoms with van der Waals surface area (Å²) < 4.78 is 1.79. The number of nitrogens with one attached hydrogen (secondary N) is 2. The molecule has 0 unspecified atom stereocenters. The largest absolute Gasteiger partial charge is 0.361 e. The molecule has 1 aliphatic carbocycles. The molecule has 1 saturated carbocycles. The second kappa shape index (κ2) is 7.22. The number of hydrogen-bond donors (Lipinski definition) is 2. The average molecular weight is 412 g/mol. The summed E-state index contributed by atoms with van der Waals surface area (Å²) in [6, 6.07) is 5.71. The van der Waals surface area contributed by atoms with Gasteiger partial charge in [-0.25, -0.2) is 4.98 Å². The highest BCUT2D eigenvalue weighted by Gasteiger charge is 2.32. The minimum atomic E-state index is -0.258. The second-order valence-corrected chi connectivity index (χ2v) is 8.28. The molecule has 0 atom stereocenters. The standard InChI is InChI=1S/C21H22ClN5O2/c22-15-3-4-17-16(9-15)14(10-24-17)5-6-23-20(28)18-12-26-7-8-27(11-13-1-2-13)21(29)19(26)25-18/h3-4,9-10,12-13,24H,1-2,5-8,11H2,(H,23,28). The van der Waals surface area contributed by atoms with Gasteiger partial charge in [-0.15, -0.1) is 0 Å². The van der Waals surface area contributed by atoms with Crippen molar-refractivity contribution in [1.29, 1.82) is 0 Å². The Bertz CT molecular complexity index is 1100. The number of amides is 2. The first-order valence-corrected chi connectivity index (χ1v) is 10.4. The third-order valence-electron chi connectivity index (χ3n) is 5.68. The molecule has 1 fully saturated rings. The van der Waals surface area contributed by atoms with Crippen molar-refractivity contribution in [3.8, 4) is 0 Å². The van der Waals surface area contributed by atoms with Gasteiger partial charge in [0.2, 0.25) is 0 Å². The molecule has 2 amide bonds. The quantitative estimate of drug-likeness (QED) is 0.654. The van der Waals surface area contributed by atoms with Crippen molar-refractivity contribution in [2.45, 2.75) is 25.8 Å². The van der Waals surface area contributed by atoms with Crippen LogP contribution in [0.4, 0.5) is 0 Å². The van der Waals surface area contributed by atoms with Gasteiger partial charge >= 0.3 is 0 Å². The number of carbonyl (C=O) groups excluding carboxylic acids is 2. The van der Waals surface area contributed by atoms with E-state index in [-0.39, 0.29) is 11.8 Å². The van der Waals surface area contributed by atoms with Gasteiger partial charge in [0.15, 0.2) is 5.82 Å². The zero-order chi connectivity index (χ0) is 20.0. The van der Waals surface area contributed by atoms with Crippen LogP contribution in [0.15, 0.2) is 30.6 Å². The number of H-pyrrole nitrogens is 1. The van der Waals surface area contributed by atoms with Gasteiger partial charge in [0.1, 0.15) is 5.69 Å². The van der Waals surface area contributed by atoms with Crippen LogP contribution in [-0.4, -0.2) is 50.9 Å². The molecule has 0 bridgehead atoms. The Labute approximate surface area is 173 Å². The lowest BCUT2D eigenvalue weighted by Crippen LogP contribution is -2.41. The number of halogens is 1. The van der Waals surface area contributed by atoms with Gasteiger partial charge < -0.3 is 19.8 Å². The number of aromatic nitrogens is 3. The minimum Gasteiger partial charge on any atom is -0.361 e. The fourth-order valence-electron chi connectivity index (χ4n) is 3.88. The van der Waals surface area contributed by atoms with Crippen LogP contribution in [0.5, 0.6) is 0 Å². The summed E-state index contributed by atoms with van der Waals surface area (Å²) in [7, 11) is 0. The third-order valence-corrected chi connectivity index (χ3v) is 5.92. The number of aromatic amines is 1. The Balaban J connectivity index is 1.22. The first-order valence-electron chi connectivity index (χ1n) is 9.98. The maximum absolute atomic E-state index is 12.6. The maximum Gasteiger partial charge on any atom is 0.289 e. The summed E-state index contributed by atoms with van der Waals surface area (Å²) in [4.78, 5) is 34.6. The highest BCUT2D eigenvalue weighted by molar-refractivity contribution is 6.31. The van der Waals surface area contributed by atoms with Crippen LogP contribution in [0.1, 0.15) is 39.5 Å². The van der Waals surface area contributed by atoms with Crippen molar-refractivity contribution in [3.05, 3.63) is 52.7 Å². The van der Waals surface area contributed by atoms with Gasteiger partial charge in [-0.1, -0.05) is 11.6 Å². The van der Waals surface area contributed by atoms with Crippen molar-refractivity contribution >= 4 is 34.3 Å². The summed E-state index contributed by atoms with van der Waals surface area (Å²) in [6.07, 6.45) is 6.70. The Morgan fingerprint density at radius 3 is 3.00 bits per heavy atom. The van der Waals surface area contributed by atoms with E-state index in [9.17, 15) is 9.59 Å². The number of hydrogen-bond acceptors (Lipinski definition) is 3. The lowest BCUT2D eigenvalue weighted by atomic mass is 10.1. The molecule has 1 aliphatic heterocycles. The maximum atomic E-state index is 12.6. The Morgan fingerprint density at radius 2 is 2.17 bits per heavy atom. The number of nitrogens with zero attached hydrogens (tertiary/aromatic N) is 3. The number of rotatable bonds is 6. The zero-order valence-corrected chi connectivity index (χ0v) is 16.7. The van der Waals surface area contributed by atoms with Crippen LogP contribution in [0.3, 0.4) is 0 Å². The molecular weight excluding hydrogens is 390 g/mol. The van der Waals surface area contributed by atoms with Gasteiger partial charge in [0, 0.05) is 54.5 Å². The minimum absolute atomic E-state index is 0.0714. The van der Waals surface area contributed by atoms with E-state index in [2.05, 4.69) is 15.3 Å². The van der Waals surface area contributed by atoms with Crippen LogP contribution in [0.25, 0.3) is 10.9 Å². The van der Waals surface area contributed by atoms with Gasteiger partial charge in [0.25, 0.3) is 11.8 Å². The van der Waals surface area contributed by atoms with Crippen LogP contribution in [0, 0.1) is 5.92 Å². The molecule has 29 heavy (non-hydrogen) atoms. The third kappa shape index (κ3) is 3.62. The summed E-state index contributed by atoms with van der Waals surface area (Å²) >= 11 is 6.09. The van der Waals surface area contributed by atoms with E-state index in [0.717, 1.165) is 23.0 Å². The van der Waals surface area contributed by atoms with Crippen molar-refractivity contribution < 1.29 is 9.59 Å². The first kappa shape index (κ1) is 18.2. The summed E-state index contributed by atoms with van der Waals surface area (Å²) in [5.74, 6) is 0.681. The molecule has 7 nitrogen and oxygen atoms in total. The van der Waals surface area contributed by atoms with E-state index in [0.29, 0.717) is 48.5 Å². The Hall–Kier alpha value is -2.80. The normalized spacial score (nSPS) is 16.3. The molecule has 2 N–H and O–H groups in total. The van der Waals surface area contributed by atoms with E-state index in [1.807, 2.05) is 29.3 Å². The van der Waals surface area contributed by atoms with E-state index in [1.165, 1.54) is 12.8 Å². The van der Waals surface area contributed by atoms with Gasteiger partial charge in [-0.05, 0) is 48.9 Å². The first-order chi connectivity index (χ1) is 14.1. The average Bonchev–Trinajstić information content (AvgIpc) is 3.27. The van der Waals surface area contributed by atoms with Gasteiger partial charge in [0.05, 0.1) is 0 Å². The Kier molecular flexibility index (Phi) is 4.54. The summed E-state index contributed by atoms with van der Waals surface area (Å²) in [5.41, 5.74) is 2.41. The number of imidazole rings is 1. The van der Waals surface area contributed by atoms with Crippen LogP contribution in [0.2, 0.25) is 5.02 Å². The molecular formula is C21H22ClN5O2. The molecule has 3 heterocycles. The summed E-state index contributed by atoms with van der Waals surface area (Å²) in [5, 5.41) is 4.65. The molecule has 2 aromatic heterocycles. The molecule has 150 valence electrons. The van der Waals surface area contributed by atoms with Crippen molar-refractivity contribution in [2.24, 2.45) is 5.92 Å². The number of fused-ring (bicyclic) bond motifs is 2. The SMILES string of the molecule is O=C(NCCc1c[nH]c2ccc(Cl)cc12)c1cn2c(n1)C(=O)N(CC1CC1)CC2. The highest BCUT2D eigenvalue weighted by atomic mass is 35.5. The Morgan fingerprint density at radius 1 is 1.31 bits per heavy atom. The molecule has 1 aromatic carbocycles. The molecule has 0 spiro atoms. The molecule has 8 heteroatoms. The predicted octanol–water partition coefficient (Wildman–Crippen LogP) is 2.86. The number of benzene rings is 1. The second-order valence-electron chi connectivity index (χ2n) is 7.85. The highest BCUT2D eigenvalue weighted by Crippen LogP contribution is 2.30. The van der Waals surface area contributed by atoms with Crippen LogP contribution >= 0.6 is 11.6 Å². The van der Waals surface area contributed by atoms with E-state index in [4.69, 9.17) is 11.6 Å². The van der Waals surface area contributed by atoms with Crippen LogP contribution in [-0.2, 0) is 13.0 Å². The lowest BCUT2D eigenvalue weighted by Gasteiger charge is -2.27. The summed E-state index contributed by atoms with van der Waals surface area (Å²) in [6.45, 7) is 2.65. The topological polar surface area (TPSA) is 83.0 Å². The van der Waals surface area contributed by atoms with E-state index in [1.54, 1.807) is 10.8 Å². The number of carbonyl (C=O) groups is 2. The monoisotopic (exact) mass is 411 g/mol. The van der Waals surface area contributed by atoms with Crippen LogP contribution < -0.4 is 5.32 Å². The van der Waals surface area contributed by atoms with Gasteiger partial charge in [-0.2, -0.15) is 0 Å². The molecule has 0 saturated heterocycles. The molecule has 3 aromatic rings. The fraction of sp³-hybridized carbons (Fsp3) is 0.381. The van der Waals surface area contributed by atoms with Crippen molar-refractivity contribution in [2.75, 3.05) is 19.6 Å². The predicted molar refractivity (Wildman–Crippen MR) is 110 cm³/mol. The van der Waals surface area contributed by atoms with Crippen molar-refractivity contribution in [1.82, 2.24) is 24.8 Å². The van der Waals surface area contributed by atoms with E-state index >= 15 is 0 Å². The smallest absolute Gasteiger partial charge is 0.289 e. The van der Waals surface area contributed by atoms with Crippen molar-refractivity contribution in [3.63, 3.8) is 0 Å². The fourth-order valence-corrected chi connectivity index (χ4v) is 4.05. The van der Waals surface area contributed by atoms with Gasteiger partial charge in [-0.3, -0.25) is 9.59 Å². The molecule has 2 aliphatic rings. The molecule has 0 radical (unpaired) electrons. The zero-order valence-electron chi connectivity index (χ0n) is 15.9.